The number of hydrogen-bond donors (Lipinski definition) is 2. The van der Waals surface area contributed by atoms with Crippen LogP contribution in [0.1, 0.15) is 38.2 Å². The number of aliphatic hydroxyl groups is 1. The van der Waals surface area contributed by atoms with Crippen molar-refractivity contribution in [2.24, 2.45) is 5.92 Å². The highest BCUT2D eigenvalue weighted by atomic mass is 32.1. The molecule has 1 rings (SSSR count). The van der Waals surface area contributed by atoms with Crippen molar-refractivity contribution in [1.82, 2.24) is 5.32 Å². The molecule has 0 amide bonds. The van der Waals surface area contributed by atoms with Gasteiger partial charge in [0.2, 0.25) is 0 Å². The minimum atomic E-state index is -0.378. The maximum atomic E-state index is 9.99. The van der Waals surface area contributed by atoms with Gasteiger partial charge in [0.15, 0.2) is 0 Å². The summed E-state index contributed by atoms with van der Waals surface area (Å²) in [5.41, 5.74) is 0. The fourth-order valence-corrected chi connectivity index (χ4v) is 2.23. The van der Waals surface area contributed by atoms with Crippen molar-refractivity contribution in [1.29, 1.82) is 0 Å². The average Bonchev–Trinajstić information content (AvgIpc) is 2.68. The zero-order chi connectivity index (χ0) is 11.3. The Kier molecular flexibility index (Phi) is 5.29. The largest absolute Gasteiger partial charge is 0.386 e. The highest BCUT2D eigenvalue weighted by Gasteiger charge is 2.16. The zero-order valence-electron chi connectivity index (χ0n) is 9.73. The van der Waals surface area contributed by atoms with Crippen LogP contribution in [0.5, 0.6) is 0 Å². The standard InChI is InChI=1S/C12H21NOS/c1-9(2)6-7-13-10(3)12(14)11-5-4-8-15-11/h4-5,8-10,12-14H,6-7H2,1-3H3. The Morgan fingerprint density at radius 3 is 2.67 bits per heavy atom. The van der Waals surface area contributed by atoms with E-state index in [2.05, 4.69) is 19.2 Å². The summed E-state index contributed by atoms with van der Waals surface area (Å²) in [4.78, 5) is 1.04. The molecule has 0 aliphatic rings. The summed E-state index contributed by atoms with van der Waals surface area (Å²) in [5, 5.41) is 15.3. The number of rotatable bonds is 6. The predicted octanol–water partition coefficient (Wildman–Crippen LogP) is 2.81. The lowest BCUT2D eigenvalue weighted by atomic mass is 10.1. The van der Waals surface area contributed by atoms with Crippen molar-refractivity contribution < 1.29 is 5.11 Å². The van der Waals surface area contributed by atoms with E-state index in [9.17, 15) is 5.11 Å². The summed E-state index contributed by atoms with van der Waals surface area (Å²) in [5.74, 6) is 0.712. The predicted molar refractivity (Wildman–Crippen MR) is 66.2 cm³/mol. The van der Waals surface area contributed by atoms with Crippen molar-refractivity contribution in [3.8, 4) is 0 Å². The van der Waals surface area contributed by atoms with E-state index < -0.39 is 0 Å². The van der Waals surface area contributed by atoms with Crippen molar-refractivity contribution in [3.63, 3.8) is 0 Å². The molecule has 3 heteroatoms. The second-order valence-corrected chi connectivity index (χ2v) is 5.36. The molecule has 0 saturated carbocycles. The van der Waals surface area contributed by atoms with Crippen LogP contribution in [0.25, 0.3) is 0 Å². The lowest BCUT2D eigenvalue weighted by Gasteiger charge is -2.19. The second kappa shape index (κ2) is 6.26. The molecule has 2 N–H and O–H groups in total. The zero-order valence-corrected chi connectivity index (χ0v) is 10.6. The van der Waals surface area contributed by atoms with Gasteiger partial charge >= 0.3 is 0 Å². The molecular formula is C12H21NOS. The molecule has 0 aliphatic heterocycles. The SMILES string of the molecule is CC(C)CCNC(C)C(O)c1cccs1. The summed E-state index contributed by atoms with van der Waals surface area (Å²) in [6.45, 7) is 7.43. The molecule has 0 saturated heterocycles. The Hall–Kier alpha value is -0.380. The Balaban J connectivity index is 2.31. The lowest BCUT2D eigenvalue weighted by Crippen LogP contribution is -2.33. The van der Waals surface area contributed by atoms with Gasteiger partial charge in [-0.3, -0.25) is 0 Å². The Bertz CT molecular complexity index is 259. The molecule has 0 aliphatic carbocycles. The molecule has 0 radical (unpaired) electrons. The van der Waals surface area contributed by atoms with Gasteiger partial charge in [-0.1, -0.05) is 19.9 Å². The van der Waals surface area contributed by atoms with Crippen LogP contribution in [0.15, 0.2) is 17.5 Å². The van der Waals surface area contributed by atoms with E-state index in [1.54, 1.807) is 11.3 Å². The van der Waals surface area contributed by atoms with Gasteiger partial charge in [0.1, 0.15) is 6.10 Å². The first-order chi connectivity index (χ1) is 7.11. The molecule has 0 fully saturated rings. The van der Waals surface area contributed by atoms with Crippen LogP contribution in [0.4, 0.5) is 0 Å². The first kappa shape index (κ1) is 12.7. The highest BCUT2D eigenvalue weighted by Crippen LogP contribution is 2.21. The minimum absolute atomic E-state index is 0.127. The molecule has 2 atom stereocenters. The van der Waals surface area contributed by atoms with Crippen molar-refractivity contribution >= 4 is 11.3 Å². The number of thiophene rings is 1. The Morgan fingerprint density at radius 1 is 1.40 bits per heavy atom. The van der Waals surface area contributed by atoms with Gasteiger partial charge in [0.05, 0.1) is 0 Å². The highest BCUT2D eigenvalue weighted by molar-refractivity contribution is 7.10. The molecule has 0 aromatic carbocycles. The number of hydrogen-bond acceptors (Lipinski definition) is 3. The van der Waals surface area contributed by atoms with Gasteiger partial charge in [-0.15, -0.1) is 11.3 Å². The normalized spacial score (nSPS) is 15.5. The van der Waals surface area contributed by atoms with E-state index >= 15 is 0 Å². The second-order valence-electron chi connectivity index (χ2n) is 4.39. The first-order valence-electron chi connectivity index (χ1n) is 5.56. The molecule has 2 unspecified atom stereocenters. The third-order valence-corrected chi connectivity index (χ3v) is 3.44. The summed E-state index contributed by atoms with van der Waals surface area (Å²) in [7, 11) is 0. The van der Waals surface area contributed by atoms with Crippen LogP contribution in [-0.4, -0.2) is 17.7 Å². The van der Waals surface area contributed by atoms with Crippen LogP contribution in [0.3, 0.4) is 0 Å². The summed E-state index contributed by atoms with van der Waals surface area (Å²) < 4.78 is 0. The third kappa shape index (κ3) is 4.33. The molecule has 2 nitrogen and oxygen atoms in total. The molecule has 1 aromatic rings. The van der Waals surface area contributed by atoms with E-state index in [0.717, 1.165) is 17.8 Å². The quantitative estimate of drug-likeness (QED) is 0.783. The molecule has 1 heterocycles. The van der Waals surface area contributed by atoms with Gasteiger partial charge in [-0.25, -0.2) is 0 Å². The minimum Gasteiger partial charge on any atom is -0.386 e. The number of aliphatic hydroxyl groups excluding tert-OH is 1. The van der Waals surface area contributed by atoms with Gasteiger partial charge in [-0.05, 0) is 37.3 Å². The molecule has 15 heavy (non-hydrogen) atoms. The first-order valence-corrected chi connectivity index (χ1v) is 6.44. The Labute approximate surface area is 96.3 Å². The molecule has 86 valence electrons. The maximum absolute atomic E-state index is 9.99. The monoisotopic (exact) mass is 227 g/mol. The van der Waals surface area contributed by atoms with Gasteiger partial charge in [0.25, 0.3) is 0 Å². The lowest BCUT2D eigenvalue weighted by molar-refractivity contribution is 0.139. The van der Waals surface area contributed by atoms with Crippen molar-refractivity contribution in [2.75, 3.05) is 6.54 Å². The fourth-order valence-electron chi connectivity index (χ4n) is 1.42. The van der Waals surface area contributed by atoms with Crippen LogP contribution >= 0.6 is 11.3 Å². The molecule has 0 spiro atoms. The summed E-state index contributed by atoms with van der Waals surface area (Å²) >= 11 is 1.61. The van der Waals surface area contributed by atoms with E-state index in [4.69, 9.17) is 0 Å². The summed E-state index contributed by atoms with van der Waals surface area (Å²) in [6.07, 6.45) is 0.777. The van der Waals surface area contributed by atoms with Gasteiger partial charge < -0.3 is 10.4 Å². The molecule has 1 aromatic heterocycles. The topological polar surface area (TPSA) is 32.3 Å². The van der Waals surface area contributed by atoms with E-state index in [1.807, 2.05) is 24.4 Å². The number of nitrogens with one attached hydrogen (secondary N) is 1. The van der Waals surface area contributed by atoms with Gasteiger partial charge in [-0.2, -0.15) is 0 Å². The molecule has 0 bridgehead atoms. The maximum Gasteiger partial charge on any atom is 0.103 e. The van der Waals surface area contributed by atoms with Crippen LogP contribution < -0.4 is 5.32 Å². The third-order valence-electron chi connectivity index (χ3n) is 2.50. The van der Waals surface area contributed by atoms with Crippen LogP contribution in [0, 0.1) is 5.92 Å². The Morgan fingerprint density at radius 2 is 2.13 bits per heavy atom. The van der Waals surface area contributed by atoms with E-state index in [-0.39, 0.29) is 12.1 Å². The fraction of sp³-hybridized carbons (Fsp3) is 0.667. The van der Waals surface area contributed by atoms with Crippen LogP contribution in [-0.2, 0) is 0 Å². The molecular weight excluding hydrogens is 206 g/mol. The summed E-state index contributed by atoms with van der Waals surface area (Å²) in [6, 6.07) is 4.09. The van der Waals surface area contributed by atoms with Crippen molar-refractivity contribution in [3.05, 3.63) is 22.4 Å². The van der Waals surface area contributed by atoms with Crippen LogP contribution in [0.2, 0.25) is 0 Å². The van der Waals surface area contributed by atoms with E-state index in [0.29, 0.717) is 5.92 Å². The van der Waals surface area contributed by atoms with E-state index in [1.165, 1.54) is 0 Å². The smallest absolute Gasteiger partial charge is 0.103 e. The average molecular weight is 227 g/mol. The van der Waals surface area contributed by atoms with Crippen molar-refractivity contribution in [2.45, 2.75) is 39.3 Å². The van der Waals surface area contributed by atoms with Gasteiger partial charge in [0, 0.05) is 10.9 Å².